The molecule has 0 saturated carbocycles. The zero-order valence-corrected chi connectivity index (χ0v) is 25.9. The number of hydrogen-bond acceptors (Lipinski definition) is 2. The van der Waals surface area contributed by atoms with E-state index in [0.717, 1.165) is 11.4 Å². The first-order valence-corrected chi connectivity index (χ1v) is 16.5. The standard InChI is InChI=1S/C44H29NS/c1-2-11-30(12-3-1)31-23-25-36(26-24-31)45(37-18-8-17-35(27-37)39-20-9-16-32-13-6-7-19-38(32)39)41-21-10-22-42-44(41)40-28-33-14-4-5-15-34(33)29-43(40)46-42/h1-29H. The highest BCUT2D eigenvalue weighted by atomic mass is 32.1. The molecule has 0 spiro atoms. The number of anilines is 3. The van der Waals surface area contributed by atoms with Gasteiger partial charge >= 0.3 is 0 Å². The summed E-state index contributed by atoms with van der Waals surface area (Å²) in [6.45, 7) is 0. The molecule has 0 amide bonds. The average molecular weight is 604 g/mol. The molecule has 8 aromatic carbocycles. The van der Waals surface area contributed by atoms with Crippen molar-refractivity contribution in [3.63, 3.8) is 0 Å². The van der Waals surface area contributed by atoms with Crippen LogP contribution < -0.4 is 4.90 Å². The van der Waals surface area contributed by atoms with Crippen molar-refractivity contribution in [3.8, 4) is 22.3 Å². The fourth-order valence-corrected chi connectivity index (χ4v) is 7.99. The summed E-state index contributed by atoms with van der Waals surface area (Å²) in [6.07, 6.45) is 0. The minimum absolute atomic E-state index is 1.13. The fourth-order valence-electron chi connectivity index (χ4n) is 6.83. The molecule has 1 nitrogen and oxygen atoms in total. The highest BCUT2D eigenvalue weighted by molar-refractivity contribution is 7.26. The molecule has 0 fully saturated rings. The molecule has 9 aromatic rings. The molecule has 0 aliphatic rings. The van der Waals surface area contributed by atoms with E-state index in [1.807, 2.05) is 11.3 Å². The van der Waals surface area contributed by atoms with Crippen molar-refractivity contribution < 1.29 is 0 Å². The lowest BCUT2D eigenvalue weighted by atomic mass is 9.97. The molecule has 0 atom stereocenters. The van der Waals surface area contributed by atoms with Crippen LogP contribution in [0.3, 0.4) is 0 Å². The largest absolute Gasteiger partial charge is 0.310 e. The fraction of sp³-hybridized carbons (Fsp3) is 0. The number of nitrogens with zero attached hydrogens (tertiary/aromatic N) is 1. The minimum atomic E-state index is 1.13. The Bertz CT molecular complexity index is 2520. The molecule has 1 heterocycles. The summed E-state index contributed by atoms with van der Waals surface area (Å²) >= 11 is 1.87. The van der Waals surface area contributed by atoms with E-state index < -0.39 is 0 Å². The molecule has 0 N–H and O–H groups in total. The quantitative estimate of drug-likeness (QED) is 0.189. The molecule has 216 valence electrons. The van der Waals surface area contributed by atoms with Crippen molar-refractivity contribution in [3.05, 3.63) is 176 Å². The highest BCUT2D eigenvalue weighted by Crippen LogP contribution is 2.46. The predicted molar refractivity (Wildman–Crippen MR) is 200 cm³/mol. The second kappa shape index (κ2) is 11.0. The summed E-state index contributed by atoms with van der Waals surface area (Å²) in [4.78, 5) is 2.44. The van der Waals surface area contributed by atoms with Crippen LogP contribution in [0.25, 0.3) is 64.0 Å². The summed E-state index contributed by atoms with van der Waals surface area (Å²) in [5, 5.41) is 7.64. The minimum Gasteiger partial charge on any atom is -0.310 e. The Hall–Kier alpha value is -5.70. The zero-order valence-electron chi connectivity index (χ0n) is 25.1. The molecule has 46 heavy (non-hydrogen) atoms. The van der Waals surface area contributed by atoms with E-state index in [-0.39, 0.29) is 0 Å². The molecular weight excluding hydrogens is 575 g/mol. The second-order valence-corrected chi connectivity index (χ2v) is 12.9. The number of fused-ring (bicyclic) bond motifs is 5. The molecule has 1 aromatic heterocycles. The van der Waals surface area contributed by atoms with Gasteiger partial charge in [0, 0.05) is 31.5 Å². The van der Waals surface area contributed by atoms with Gasteiger partial charge in [-0.15, -0.1) is 11.3 Å². The Labute approximate surface area is 272 Å². The van der Waals surface area contributed by atoms with Gasteiger partial charge in [0.2, 0.25) is 0 Å². The lowest BCUT2D eigenvalue weighted by molar-refractivity contribution is 1.30. The number of rotatable bonds is 5. The average Bonchev–Trinajstić information content (AvgIpc) is 3.49. The van der Waals surface area contributed by atoms with Gasteiger partial charge in [-0.2, -0.15) is 0 Å². The second-order valence-electron chi connectivity index (χ2n) is 11.8. The normalized spacial score (nSPS) is 11.5. The maximum atomic E-state index is 2.44. The molecule has 0 bridgehead atoms. The summed E-state index contributed by atoms with van der Waals surface area (Å²) in [5.74, 6) is 0. The Morgan fingerprint density at radius 1 is 0.370 bits per heavy atom. The van der Waals surface area contributed by atoms with Crippen LogP contribution in [0.15, 0.2) is 176 Å². The Morgan fingerprint density at radius 3 is 1.87 bits per heavy atom. The van der Waals surface area contributed by atoms with Crippen molar-refractivity contribution in [2.75, 3.05) is 4.90 Å². The monoisotopic (exact) mass is 603 g/mol. The van der Waals surface area contributed by atoms with Gasteiger partial charge in [0.1, 0.15) is 0 Å². The maximum absolute atomic E-state index is 2.44. The van der Waals surface area contributed by atoms with Gasteiger partial charge in [0.05, 0.1) is 5.69 Å². The van der Waals surface area contributed by atoms with Crippen molar-refractivity contribution in [2.45, 2.75) is 0 Å². The molecular formula is C44H29NS. The summed E-state index contributed by atoms with van der Waals surface area (Å²) < 4.78 is 2.60. The summed E-state index contributed by atoms with van der Waals surface area (Å²) in [5.41, 5.74) is 8.31. The molecule has 9 rings (SSSR count). The maximum Gasteiger partial charge on any atom is 0.0554 e. The lowest BCUT2D eigenvalue weighted by Crippen LogP contribution is -2.10. The van der Waals surface area contributed by atoms with Crippen LogP contribution in [0.4, 0.5) is 17.1 Å². The third kappa shape index (κ3) is 4.54. The van der Waals surface area contributed by atoms with Gasteiger partial charge in [-0.25, -0.2) is 0 Å². The predicted octanol–water partition coefficient (Wildman–Crippen LogP) is 13.2. The SMILES string of the molecule is c1ccc(-c2ccc(N(c3cccc(-c4cccc5ccccc45)c3)c3cccc4sc5cc6ccccc6cc5c34)cc2)cc1. The number of benzene rings is 8. The van der Waals surface area contributed by atoms with Gasteiger partial charge in [-0.05, 0) is 92.3 Å². The van der Waals surface area contributed by atoms with Crippen molar-refractivity contribution in [1.29, 1.82) is 0 Å². The third-order valence-corrected chi connectivity index (χ3v) is 10.1. The van der Waals surface area contributed by atoms with Crippen LogP contribution in [0.5, 0.6) is 0 Å². The number of hydrogen-bond donors (Lipinski definition) is 0. The van der Waals surface area contributed by atoms with Crippen LogP contribution >= 0.6 is 11.3 Å². The Morgan fingerprint density at radius 2 is 1.02 bits per heavy atom. The Balaban J connectivity index is 1.28. The molecule has 2 heteroatoms. The first-order chi connectivity index (χ1) is 22.8. The van der Waals surface area contributed by atoms with Crippen LogP contribution in [0.1, 0.15) is 0 Å². The van der Waals surface area contributed by atoms with E-state index in [9.17, 15) is 0 Å². The van der Waals surface area contributed by atoms with Crippen molar-refractivity contribution >= 4 is 70.1 Å². The Kier molecular flexibility index (Phi) is 6.40. The smallest absolute Gasteiger partial charge is 0.0554 e. The van der Waals surface area contributed by atoms with Crippen molar-refractivity contribution in [1.82, 2.24) is 0 Å². The highest BCUT2D eigenvalue weighted by Gasteiger charge is 2.20. The van der Waals surface area contributed by atoms with Crippen molar-refractivity contribution in [2.24, 2.45) is 0 Å². The van der Waals surface area contributed by atoms with E-state index in [4.69, 9.17) is 0 Å². The van der Waals surface area contributed by atoms with E-state index in [1.54, 1.807) is 0 Å². The molecule has 0 aliphatic heterocycles. The molecule has 0 aliphatic carbocycles. The van der Waals surface area contributed by atoms with Crippen LogP contribution in [0.2, 0.25) is 0 Å². The molecule has 0 radical (unpaired) electrons. The first kappa shape index (κ1) is 26.7. The van der Waals surface area contributed by atoms with Crippen LogP contribution in [-0.2, 0) is 0 Å². The van der Waals surface area contributed by atoms with Crippen LogP contribution in [0, 0.1) is 0 Å². The van der Waals surface area contributed by atoms with Gasteiger partial charge in [-0.3, -0.25) is 0 Å². The van der Waals surface area contributed by atoms with E-state index in [0.29, 0.717) is 0 Å². The molecule has 0 saturated heterocycles. The third-order valence-electron chi connectivity index (χ3n) is 9.02. The van der Waals surface area contributed by atoms with Gasteiger partial charge in [-0.1, -0.05) is 127 Å². The van der Waals surface area contributed by atoms with E-state index >= 15 is 0 Å². The summed E-state index contributed by atoms with van der Waals surface area (Å²) in [6, 6.07) is 64.0. The zero-order chi connectivity index (χ0) is 30.5. The van der Waals surface area contributed by atoms with Crippen LogP contribution in [-0.4, -0.2) is 0 Å². The van der Waals surface area contributed by atoms with Gasteiger partial charge < -0.3 is 4.90 Å². The lowest BCUT2D eigenvalue weighted by Gasteiger charge is -2.27. The van der Waals surface area contributed by atoms with Gasteiger partial charge in [0.25, 0.3) is 0 Å². The topological polar surface area (TPSA) is 3.24 Å². The number of thiophene rings is 1. The first-order valence-electron chi connectivity index (χ1n) is 15.7. The molecule has 0 unspecified atom stereocenters. The van der Waals surface area contributed by atoms with Gasteiger partial charge in [0.15, 0.2) is 0 Å². The summed E-state index contributed by atoms with van der Waals surface area (Å²) in [7, 11) is 0. The van der Waals surface area contributed by atoms with E-state index in [1.165, 1.54) is 69.7 Å². The van der Waals surface area contributed by atoms with E-state index in [2.05, 4.69) is 181 Å².